The SMILES string of the molecule is CCc1ccc(C(=O)O)cc1S(=O)(=O)Nc1ccc(F)c(Cl)c1. The third-order valence-corrected chi connectivity index (χ3v) is 4.91. The van der Waals surface area contributed by atoms with Gasteiger partial charge >= 0.3 is 5.97 Å². The van der Waals surface area contributed by atoms with E-state index < -0.39 is 21.8 Å². The number of carboxylic acids is 1. The molecule has 23 heavy (non-hydrogen) atoms. The fourth-order valence-electron chi connectivity index (χ4n) is 2.00. The van der Waals surface area contributed by atoms with Crippen LogP contribution in [0.25, 0.3) is 0 Å². The molecule has 122 valence electrons. The molecule has 0 aliphatic carbocycles. The molecule has 0 amide bonds. The maximum atomic E-state index is 13.1. The number of benzene rings is 2. The molecule has 0 saturated carbocycles. The normalized spacial score (nSPS) is 11.3. The Morgan fingerprint density at radius 2 is 1.96 bits per heavy atom. The van der Waals surface area contributed by atoms with Gasteiger partial charge in [0.15, 0.2) is 0 Å². The summed E-state index contributed by atoms with van der Waals surface area (Å²) in [5.41, 5.74) is 0.412. The number of sulfonamides is 1. The second-order valence-electron chi connectivity index (χ2n) is 4.72. The standard InChI is InChI=1S/C15H13ClFNO4S/c1-2-9-3-4-10(15(19)20)7-14(9)23(21,22)18-11-5-6-13(17)12(16)8-11/h3-8,18H,2H2,1H3,(H,19,20). The zero-order valence-electron chi connectivity index (χ0n) is 12.0. The molecule has 0 atom stereocenters. The van der Waals surface area contributed by atoms with Crippen molar-refractivity contribution in [1.29, 1.82) is 0 Å². The Morgan fingerprint density at radius 3 is 2.52 bits per heavy atom. The van der Waals surface area contributed by atoms with Crippen molar-refractivity contribution in [1.82, 2.24) is 0 Å². The zero-order chi connectivity index (χ0) is 17.2. The van der Waals surface area contributed by atoms with E-state index in [2.05, 4.69) is 4.72 Å². The maximum Gasteiger partial charge on any atom is 0.335 e. The highest BCUT2D eigenvalue weighted by molar-refractivity contribution is 7.92. The van der Waals surface area contributed by atoms with E-state index in [-0.39, 0.29) is 21.2 Å². The topological polar surface area (TPSA) is 83.5 Å². The lowest BCUT2D eigenvalue weighted by Gasteiger charge is -2.12. The highest BCUT2D eigenvalue weighted by Crippen LogP contribution is 2.24. The fourth-order valence-corrected chi connectivity index (χ4v) is 3.57. The molecular formula is C15H13ClFNO4S. The summed E-state index contributed by atoms with van der Waals surface area (Å²) in [6.07, 6.45) is 0.403. The fraction of sp³-hybridized carbons (Fsp3) is 0.133. The summed E-state index contributed by atoms with van der Waals surface area (Å²) in [5, 5.41) is 8.80. The largest absolute Gasteiger partial charge is 0.478 e. The highest BCUT2D eigenvalue weighted by atomic mass is 35.5. The minimum Gasteiger partial charge on any atom is -0.478 e. The number of halogens is 2. The van der Waals surface area contributed by atoms with Gasteiger partial charge in [-0.1, -0.05) is 24.6 Å². The second-order valence-corrected chi connectivity index (χ2v) is 6.77. The summed E-state index contributed by atoms with van der Waals surface area (Å²) in [6, 6.07) is 7.29. The van der Waals surface area contributed by atoms with Crippen molar-refractivity contribution in [3.05, 3.63) is 58.4 Å². The molecule has 0 aliphatic rings. The van der Waals surface area contributed by atoms with E-state index in [1.165, 1.54) is 18.2 Å². The van der Waals surface area contributed by atoms with Crippen LogP contribution in [0.4, 0.5) is 10.1 Å². The van der Waals surface area contributed by atoms with Crippen LogP contribution in [0.1, 0.15) is 22.8 Å². The molecule has 0 fully saturated rings. The third kappa shape index (κ3) is 3.80. The van der Waals surface area contributed by atoms with Gasteiger partial charge in [0.1, 0.15) is 5.82 Å². The summed E-state index contributed by atoms with van der Waals surface area (Å²) >= 11 is 5.63. The summed E-state index contributed by atoms with van der Waals surface area (Å²) < 4.78 is 40.4. The van der Waals surface area contributed by atoms with Crippen LogP contribution in [0, 0.1) is 5.82 Å². The summed E-state index contributed by atoms with van der Waals surface area (Å²) in [7, 11) is -4.04. The zero-order valence-corrected chi connectivity index (χ0v) is 13.6. The Hall–Kier alpha value is -2.12. The van der Waals surface area contributed by atoms with Gasteiger partial charge in [-0.2, -0.15) is 0 Å². The number of aryl methyl sites for hydroxylation is 1. The molecule has 2 rings (SSSR count). The highest BCUT2D eigenvalue weighted by Gasteiger charge is 2.20. The number of rotatable bonds is 5. The number of nitrogens with one attached hydrogen (secondary N) is 1. The molecule has 8 heteroatoms. The van der Waals surface area contributed by atoms with Crippen LogP contribution < -0.4 is 4.72 Å². The van der Waals surface area contributed by atoms with E-state index in [0.717, 1.165) is 18.2 Å². The van der Waals surface area contributed by atoms with Gasteiger partial charge in [0.25, 0.3) is 10.0 Å². The average Bonchev–Trinajstić information content (AvgIpc) is 2.50. The van der Waals surface area contributed by atoms with Crippen molar-refractivity contribution in [2.75, 3.05) is 4.72 Å². The number of carboxylic acid groups (broad SMARTS) is 1. The summed E-state index contributed by atoms with van der Waals surface area (Å²) in [6.45, 7) is 1.75. The third-order valence-electron chi connectivity index (χ3n) is 3.16. The lowest BCUT2D eigenvalue weighted by molar-refractivity contribution is 0.0696. The van der Waals surface area contributed by atoms with Crippen LogP contribution in [0.15, 0.2) is 41.3 Å². The Morgan fingerprint density at radius 1 is 1.26 bits per heavy atom. The monoisotopic (exact) mass is 357 g/mol. The predicted octanol–water partition coefficient (Wildman–Crippen LogP) is 3.54. The summed E-state index contributed by atoms with van der Waals surface area (Å²) in [5.74, 6) is -1.90. The first-order valence-corrected chi connectivity index (χ1v) is 8.45. The number of hydrogen-bond acceptors (Lipinski definition) is 3. The van der Waals surface area contributed by atoms with Crippen molar-refractivity contribution in [3.63, 3.8) is 0 Å². The van der Waals surface area contributed by atoms with Gasteiger partial charge in [-0.25, -0.2) is 17.6 Å². The van der Waals surface area contributed by atoms with E-state index in [9.17, 15) is 17.6 Å². The van der Waals surface area contributed by atoms with E-state index >= 15 is 0 Å². The van der Waals surface area contributed by atoms with Gasteiger partial charge in [0, 0.05) is 0 Å². The molecule has 0 spiro atoms. The van der Waals surface area contributed by atoms with Crippen LogP contribution in [0.3, 0.4) is 0 Å². The average molecular weight is 358 g/mol. The molecule has 0 aromatic heterocycles. The maximum absolute atomic E-state index is 13.1. The minimum atomic E-state index is -4.04. The van der Waals surface area contributed by atoms with Crippen LogP contribution >= 0.6 is 11.6 Å². The summed E-state index contributed by atoms with van der Waals surface area (Å²) in [4.78, 5) is 10.9. The Kier molecular flexibility index (Phi) is 4.91. The molecular weight excluding hydrogens is 345 g/mol. The first-order chi connectivity index (χ1) is 10.7. The van der Waals surface area contributed by atoms with Crippen molar-refractivity contribution < 1.29 is 22.7 Å². The number of anilines is 1. The van der Waals surface area contributed by atoms with E-state index in [4.69, 9.17) is 16.7 Å². The molecule has 0 radical (unpaired) electrons. The lowest BCUT2D eigenvalue weighted by Crippen LogP contribution is -2.16. The van der Waals surface area contributed by atoms with Gasteiger partial charge in [0.2, 0.25) is 0 Å². The molecule has 0 unspecified atom stereocenters. The van der Waals surface area contributed by atoms with Crippen LogP contribution in [-0.2, 0) is 16.4 Å². The quantitative estimate of drug-likeness (QED) is 0.857. The first-order valence-electron chi connectivity index (χ1n) is 6.58. The smallest absolute Gasteiger partial charge is 0.335 e. The Bertz CT molecular complexity index is 868. The van der Waals surface area contributed by atoms with E-state index in [1.807, 2.05) is 0 Å². The van der Waals surface area contributed by atoms with Crippen molar-refractivity contribution in [2.24, 2.45) is 0 Å². The van der Waals surface area contributed by atoms with Crippen LogP contribution in [0.5, 0.6) is 0 Å². The second kappa shape index (κ2) is 6.55. The molecule has 0 bridgehead atoms. The van der Waals surface area contributed by atoms with Gasteiger partial charge < -0.3 is 5.11 Å². The van der Waals surface area contributed by atoms with Crippen molar-refractivity contribution in [2.45, 2.75) is 18.2 Å². The molecule has 0 aliphatic heterocycles. The van der Waals surface area contributed by atoms with Crippen LogP contribution in [-0.4, -0.2) is 19.5 Å². The molecule has 0 heterocycles. The molecule has 0 saturated heterocycles. The van der Waals surface area contributed by atoms with Gasteiger partial charge in [-0.15, -0.1) is 0 Å². The Balaban J connectivity index is 2.47. The number of aromatic carboxylic acids is 1. The molecule has 2 aromatic rings. The van der Waals surface area contributed by atoms with E-state index in [1.54, 1.807) is 6.92 Å². The Labute approximate surface area is 137 Å². The van der Waals surface area contributed by atoms with Gasteiger partial charge in [-0.05, 0) is 42.3 Å². The first kappa shape index (κ1) is 17.2. The molecule has 2 N–H and O–H groups in total. The number of hydrogen-bond donors (Lipinski definition) is 2. The van der Waals surface area contributed by atoms with E-state index in [0.29, 0.717) is 12.0 Å². The van der Waals surface area contributed by atoms with Gasteiger partial charge in [0.05, 0.1) is 21.2 Å². The van der Waals surface area contributed by atoms with Gasteiger partial charge in [-0.3, -0.25) is 4.72 Å². The number of carbonyl (C=O) groups is 1. The van der Waals surface area contributed by atoms with Crippen molar-refractivity contribution >= 4 is 33.3 Å². The van der Waals surface area contributed by atoms with Crippen LogP contribution in [0.2, 0.25) is 5.02 Å². The minimum absolute atomic E-state index is 0.0826. The lowest BCUT2D eigenvalue weighted by atomic mass is 10.1. The predicted molar refractivity (Wildman–Crippen MR) is 85.0 cm³/mol. The molecule has 2 aromatic carbocycles. The molecule has 5 nitrogen and oxygen atoms in total. The van der Waals surface area contributed by atoms with Crippen molar-refractivity contribution in [3.8, 4) is 0 Å².